The van der Waals surface area contributed by atoms with Gasteiger partial charge in [0.25, 0.3) is 5.91 Å². The number of thiophene rings is 1. The lowest BCUT2D eigenvalue weighted by Crippen LogP contribution is -2.44. The standard InChI is InChI=1S/C33H38N6O5S/c1-2-4-22-16-26(38-32-27(22)28(34)29(45-32)33(43)44)39-13-11-24(12-14-39)36-18-25(40)20-7-9-21(10-8-20)31(42)37-17-19-5-3-6-23(15-19)30(35)41/h3,5-10,15-16,24-25,36,40H,2,4,11-14,17-18,34H2,1H3,(H2,35,41)(H,37,42)(H,43,44). The van der Waals surface area contributed by atoms with Crippen LogP contribution >= 0.6 is 11.3 Å². The van der Waals surface area contributed by atoms with E-state index >= 15 is 0 Å². The van der Waals surface area contributed by atoms with Crippen molar-refractivity contribution in [3.05, 3.63) is 87.3 Å². The van der Waals surface area contributed by atoms with Crippen LogP contribution in [-0.2, 0) is 13.0 Å². The van der Waals surface area contributed by atoms with Crippen LogP contribution in [0.5, 0.6) is 0 Å². The molecule has 0 saturated carbocycles. The lowest BCUT2D eigenvalue weighted by atomic mass is 10.0. The molecule has 11 nitrogen and oxygen atoms in total. The van der Waals surface area contributed by atoms with E-state index in [4.69, 9.17) is 16.5 Å². The lowest BCUT2D eigenvalue weighted by molar-refractivity contribution is 0.0702. The molecule has 0 aliphatic carbocycles. The maximum absolute atomic E-state index is 12.6. The van der Waals surface area contributed by atoms with Gasteiger partial charge in [0.2, 0.25) is 5.91 Å². The van der Waals surface area contributed by atoms with Crippen molar-refractivity contribution in [1.29, 1.82) is 0 Å². The lowest BCUT2D eigenvalue weighted by Gasteiger charge is -2.34. The van der Waals surface area contributed by atoms with Crippen molar-refractivity contribution >= 4 is 50.8 Å². The highest BCUT2D eigenvalue weighted by atomic mass is 32.1. The van der Waals surface area contributed by atoms with E-state index in [-0.39, 0.29) is 23.4 Å². The highest BCUT2D eigenvalue weighted by molar-refractivity contribution is 7.21. The van der Waals surface area contributed by atoms with Crippen molar-refractivity contribution in [2.75, 3.05) is 30.3 Å². The number of nitrogens with one attached hydrogen (secondary N) is 2. The Balaban J connectivity index is 1.12. The van der Waals surface area contributed by atoms with Crippen LogP contribution in [-0.4, -0.2) is 58.7 Å². The monoisotopic (exact) mass is 630 g/mol. The minimum absolute atomic E-state index is 0.135. The number of rotatable bonds is 12. The van der Waals surface area contributed by atoms with Gasteiger partial charge >= 0.3 is 5.97 Å². The van der Waals surface area contributed by atoms with E-state index in [1.165, 1.54) is 0 Å². The molecule has 0 radical (unpaired) electrons. The molecule has 12 heteroatoms. The van der Waals surface area contributed by atoms with Gasteiger partial charge in [-0.3, -0.25) is 9.59 Å². The molecule has 45 heavy (non-hydrogen) atoms. The second-order valence-corrected chi connectivity index (χ2v) is 12.3. The van der Waals surface area contributed by atoms with Gasteiger partial charge in [0.15, 0.2) is 0 Å². The minimum Gasteiger partial charge on any atom is -0.477 e. The molecule has 2 aromatic heterocycles. The quantitative estimate of drug-likeness (QED) is 0.135. The Morgan fingerprint density at radius 3 is 2.49 bits per heavy atom. The molecular weight excluding hydrogens is 592 g/mol. The number of aliphatic hydroxyl groups excluding tert-OH is 1. The second kappa shape index (κ2) is 14.1. The number of carboxylic acids is 1. The zero-order chi connectivity index (χ0) is 32.1. The van der Waals surface area contributed by atoms with E-state index in [2.05, 4.69) is 22.5 Å². The normalized spacial score (nSPS) is 14.4. The number of nitrogen functional groups attached to an aromatic ring is 1. The van der Waals surface area contributed by atoms with Crippen molar-refractivity contribution in [2.24, 2.45) is 5.73 Å². The van der Waals surface area contributed by atoms with Gasteiger partial charge in [0, 0.05) is 48.7 Å². The van der Waals surface area contributed by atoms with Crippen LogP contribution < -0.4 is 27.0 Å². The minimum atomic E-state index is -1.03. The van der Waals surface area contributed by atoms with Crippen LogP contribution in [0.3, 0.4) is 0 Å². The zero-order valence-electron chi connectivity index (χ0n) is 25.1. The Hall–Kier alpha value is -4.52. The van der Waals surface area contributed by atoms with Gasteiger partial charge in [-0.1, -0.05) is 37.6 Å². The Labute approximate surface area is 265 Å². The summed E-state index contributed by atoms with van der Waals surface area (Å²) in [6.07, 6.45) is 2.70. The van der Waals surface area contributed by atoms with Crippen LogP contribution in [0.15, 0.2) is 54.6 Å². The number of carboxylic acid groups (broad SMARTS) is 1. The van der Waals surface area contributed by atoms with Gasteiger partial charge in [-0.15, -0.1) is 11.3 Å². The fourth-order valence-electron chi connectivity index (χ4n) is 5.66. The number of hydrogen-bond acceptors (Lipinski definition) is 9. The Kier molecular flexibility index (Phi) is 9.96. The molecular formula is C33H38N6O5S. The van der Waals surface area contributed by atoms with Gasteiger partial charge < -0.3 is 37.2 Å². The molecule has 1 aliphatic heterocycles. The van der Waals surface area contributed by atoms with Gasteiger partial charge in [-0.2, -0.15) is 0 Å². The van der Waals surface area contributed by atoms with Crippen LogP contribution in [0.1, 0.15) is 79.4 Å². The van der Waals surface area contributed by atoms with E-state index in [9.17, 15) is 24.6 Å². The first-order chi connectivity index (χ1) is 21.6. The van der Waals surface area contributed by atoms with E-state index < -0.39 is 18.0 Å². The SMILES string of the molecule is CCCc1cc(N2CCC(NCC(O)c3ccc(C(=O)NCc4cccc(C(N)=O)c4)cc3)CC2)nc2sc(C(=O)O)c(N)c12. The highest BCUT2D eigenvalue weighted by Crippen LogP contribution is 2.37. The number of aliphatic hydroxyl groups is 1. The van der Waals surface area contributed by atoms with Gasteiger partial charge in [0.05, 0.1) is 11.8 Å². The van der Waals surface area contributed by atoms with E-state index in [1.54, 1.807) is 42.5 Å². The molecule has 8 N–H and O–H groups in total. The number of pyridine rings is 1. The first-order valence-electron chi connectivity index (χ1n) is 15.0. The van der Waals surface area contributed by atoms with Crippen LogP contribution in [0, 0.1) is 0 Å². The first-order valence-corrected chi connectivity index (χ1v) is 15.8. The molecule has 0 bridgehead atoms. The van der Waals surface area contributed by atoms with Crippen molar-refractivity contribution < 1.29 is 24.6 Å². The predicted octanol–water partition coefficient (Wildman–Crippen LogP) is 3.85. The van der Waals surface area contributed by atoms with Crippen molar-refractivity contribution in [3.8, 4) is 0 Å². The number of aromatic nitrogens is 1. The van der Waals surface area contributed by atoms with Crippen LogP contribution in [0.4, 0.5) is 11.5 Å². The van der Waals surface area contributed by atoms with E-state index in [0.717, 1.165) is 72.4 Å². The highest BCUT2D eigenvalue weighted by Gasteiger charge is 2.24. The fourth-order valence-corrected chi connectivity index (χ4v) is 6.63. The number of piperidine rings is 1. The zero-order valence-corrected chi connectivity index (χ0v) is 25.9. The number of carbonyl (C=O) groups is 3. The molecule has 0 spiro atoms. The number of aryl methyl sites for hydroxylation is 1. The first kappa shape index (κ1) is 31.9. The van der Waals surface area contributed by atoms with Gasteiger partial charge in [-0.05, 0) is 66.3 Å². The molecule has 1 saturated heterocycles. The molecule has 2 aromatic carbocycles. The van der Waals surface area contributed by atoms with Crippen molar-refractivity contribution in [2.45, 2.75) is 51.3 Å². The number of primary amides is 1. The number of carbonyl (C=O) groups excluding carboxylic acids is 2. The molecule has 1 aliphatic rings. The summed E-state index contributed by atoms with van der Waals surface area (Å²) in [6, 6.07) is 15.9. The maximum atomic E-state index is 12.6. The predicted molar refractivity (Wildman–Crippen MR) is 176 cm³/mol. The Morgan fingerprint density at radius 2 is 1.82 bits per heavy atom. The maximum Gasteiger partial charge on any atom is 0.348 e. The van der Waals surface area contributed by atoms with Crippen LogP contribution in [0.25, 0.3) is 10.2 Å². The van der Waals surface area contributed by atoms with Crippen molar-refractivity contribution in [1.82, 2.24) is 15.6 Å². The molecule has 1 atom stereocenters. The third kappa shape index (κ3) is 7.42. The number of nitrogens with two attached hydrogens (primary N) is 2. The molecule has 5 rings (SSSR count). The topological polar surface area (TPSA) is 184 Å². The van der Waals surface area contributed by atoms with E-state index in [1.807, 2.05) is 12.1 Å². The third-order valence-electron chi connectivity index (χ3n) is 8.12. The molecule has 3 heterocycles. The summed E-state index contributed by atoms with van der Waals surface area (Å²) in [6.45, 7) is 4.28. The molecule has 4 aromatic rings. The van der Waals surface area contributed by atoms with Crippen molar-refractivity contribution in [3.63, 3.8) is 0 Å². The average molecular weight is 631 g/mol. The second-order valence-electron chi connectivity index (χ2n) is 11.3. The molecule has 1 unspecified atom stereocenters. The largest absolute Gasteiger partial charge is 0.477 e. The number of benzene rings is 2. The molecule has 236 valence electrons. The number of aromatic carboxylic acids is 1. The molecule has 2 amide bonds. The van der Waals surface area contributed by atoms with E-state index in [0.29, 0.717) is 33.8 Å². The summed E-state index contributed by atoms with van der Waals surface area (Å²) >= 11 is 1.13. The summed E-state index contributed by atoms with van der Waals surface area (Å²) in [7, 11) is 0. The summed E-state index contributed by atoms with van der Waals surface area (Å²) in [5, 5.41) is 27.4. The Bertz CT molecular complexity index is 1700. The van der Waals surface area contributed by atoms with Crippen LogP contribution in [0.2, 0.25) is 0 Å². The van der Waals surface area contributed by atoms with Gasteiger partial charge in [-0.25, -0.2) is 9.78 Å². The number of hydrogen-bond donors (Lipinski definition) is 6. The number of amides is 2. The summed E-state index contributed by atoms with van der Waals surface area (Å²) < 4.78 is 0. The molecule has 1 fully saturated rings. The van der Waals surface area contributed by atoms with Gasteiger partial charge in [0.1, 0.15) is 15.5 Å². The average Bonchev–Trinajstić information content (AvgIpc) is 3.39. The smallest absolute Gasteiger partial charge is 0.348 e. The summed E-state index contributed by atoms with van der Waals surface area (Å²) in [4.78, 5) is 43.5. The fraction of sp³-hybridized carbons (Fsp3) is 0.333. The summed E-state index contributed by atoms with van der Waals surface area (Å²) in [5.74, 6) is -0.972. The Morgan fingerprint density at radius 1 is 1.09 bits per heavy atom. The number of anilines is 2. The number of fused-ring (bicyclic) bond motifs is 1. The summed E-state index contributed by atoms with van der Waals surface area (Å²) in [5.41, 5.74) is 15.2. The number of nitrogens with zero attached hydrogens (tertiary/aromatic N) is 2. The third-order valence-corrected chi connectivity index (χ3v) is 9.21.